The van der Waals surface area contributed by atoms with E-state index in [1.54, 1.807) is 0 Å². The van der Waals surface area contributed by atoms with Gasteiger partial charge < -0.3 is 14.5 Å². The zero-order chi connectivity index (χ0) is 24.4. The molecule has 1 unspecified atom stereocenters. The first-order chi connectivity index (χ1) is 17.0. The van der Waals surface area contributed by atoms with Crippen LogP contribution in [0.5, 0.6) is 5.75 Å². The third-order valence-electron chi connectivity index (χ3n) is 6.49. The Labute approximate surface area is 206 Å². The van der Waals surface area contributed by atoms with E-state index in [9.17, 15) is 4.79 Å². The molecule has 4 aromatic rings. The quantitative estimate of drug-likeness (QED) is 0.413. The van der Waals surface area contributed by atoms with Gasteiger partial charge in [0.2, 0.25) is 0 Å². The van der Waals surface area contributed by atoms with Crippen molar-refractivity contribution >= 4 is 22.5 Å². The van der Waals surface area contributed by atoms with Crippen molar-refractivity contribution in [1.29, 1.82) is 0 Å². The van der Waals surface area contributed by atoms with Gasteiger partial charge in [-0.2, -0.15) is 0 Å². The molecule has 1 atom stereocenters. The van der Waals surface area contributed by atoms with Gasteiger partial charge in [0.15, 0.2) is 11.9 Å². The summed E-state index contributed by atoms with van der Waals surface area (Å²) in [5.41, 5.74) is 4.19. The van der Waals surface area contributed by atoms with E-state index in [0.717, 1.165) is 34.0 Å². The maximum atomic E-state index is 13.0. The molecule has 0 spiro atoms. The van der Waals surface area contributed by atoms with Crippen LogP contribution in [0, 0.1) is 13.8 Å². The number of amides is 1. The molecule has 1 amide bonds. The molecule has 1 aromatic heterocycles. The first-order valence-corrected chi connectivity index (χ1v) is 12.1. The fourth-order valence-electron chi connectivity index (χ4n) is 4.75. The Morgan fingerprint density at radius 3 is 2.29 bits per heavy atom. The first-order valence-electron chi connectivity index (χ1n) is 12.1. The van der Waals surface area contributed by atoms with Crippen LogP contribution < -0.4 is 9.64 Å². The lowest BCUT2D eigenvalue weighted by atomic mass is 10.0. The summed E-state index contributed by atoms with van der Waals surface area (Å²) in [4.78, 5) is 17.0. The lowest BCUT2D eigenvalue weighted by Gasteiger charge is -2.36. The molecule has 1 saturated heterocycles. The normalized spacial score (nSPS) is 14.7. The molecule has 1 fully saturated rings. The molecule has 6 heteroatoms. The molecule has 5 rings (SSSR count). The summed E-state index contributed by atoms with van der Waals surface area (Å²) in [6, 6.07) is 24.6. The van der Waals surface area contributed by atoms with Crippen molar-refractivity contribution in [3.05, 3.63) is 83.9 Å². The Morgan fingerprint density at radius 2 is 1.57 bits per heavy atom. The molecule has 2 heterocycles. The fourth-order valence-corrected chi connectivity index (χ4v) is 4.75. The number of hydrogen-bond donors (Lipinski definition) is 0. The molecule has 0 saturated carbocycles. The Bertz CT molecular complexity index is 1320. The van der Waals surface area contributed by atoms with Gasteiger partial charge in [-0.1, -0.05) is 48.5 Å². The van der Waals surface area contributed by atoms with E-state index >= 15 is 0 Å². The highest BCUT2D eigenvalue weighted by molar-refractivity contribution is 5.95. The number of aryl methyl sites for hydroxylation is 2. The standard InChI is InChI=1S/C29H30N4O2/c1-20-17-21(2)19-24(18-20)35-22(3)29(34)33-15-13-32(14-16-33)28-12-11-27(30-31-28)26-10-6-8-23-7-4-5-9-25(23)26/h4-12,17-19,22H,13-16H2,1-3H3. The zero-order valence-electron chi connectivity index (χ0n) is 20.4. The smallest absolute Gasteiger partial charge is 0.263 e. The summed E-state index contributed by atoms with van der Waals surface area (Å²) in [5, 5.41) is 11.4. The van der Waals surface area contributed by atoms with Crippen molar-refractivity contribution in [2.45, 2.75) is 26.9 Å². The van der Waals surface area contributed by atoms with Crippen LogP contribution in [0.1, 0.15) is 18.1 Å². The molecule has 1 aliphatic rings. The van der Waals surface area contributed by atoms with Gasteiger partial charge in [0.1, 0.15) is 5.75 Å². The molecule has 6 nitrogen and oxygen atoms in total. The van der Waals surface area contributed by atoms with Crippen molar-refractivity contribution in [3.63, 3.8) is 0 Å². The molecule has 0 bridgehead atoms. The summed E-state index contributed by atoms with van der Waals surface area (Å²) >= 11 is 0. The third kappa shape index (κ3) is 4.97. The molecule has 178 valence electrons. The molecule has 0 aliphatic carbocycles. The van der Waals surface area contributed by atoms with Gasteiger partial charge in [-0.05, 0) is 66.9 Å². The van der Waals surface area contributed by atoms with Crippen LogP contribution in [0.15, 0.2) is 72.8 Å². The van der Waals surface area contributed by atoms with Crippen LogP contribution in [0.4, 0.5) is 5.82 Å². The number of benzene rings is 3. The fraction of sp³-hybridized carbons (Fsp3) is 0.276. The van der Waals surface area contributed by atoms with Crippen LogP contribution >= 0.6 is 0 Å². The molecule has 35 heavy (non-hydrogen) atoms. The van der Waals surface area contributed by atoms with Crippen molar-refractivity contribution in [3.8, 4) is 17.0 Å². The van der Waals surface area contributed by atoms with Gasteiger partial charge in [0.25, 0.3) is 5.91 Å². The van der Waals surface area contributed by atoms with Gasteiger partial charge in [-0.3, -0.25) is 4.79 Å². The number of anilines is 1. The number of carbonyl (C=O) groups excluding carboxylic acids is 1. The number of hydrogen-bond acceptors (Lipinski definition) is 5. The van der Waals surface area contributed by atoms with E-state index in [1.807, 2.05) is 68.1 Å². The number of carbonyl (C=O) groups is 1. The first kappa shape index (κ1) is 22.8. The average molecular weight is 467 g/mol. The molecular formula is C29H30N4O2. The van der Waals surface area contributed by atoms with Crippen LogP contribution in [0.2, 0.25) is 0 Å². The second-order valence-electron chi connectivity index (χ2n) is 9.20. The minimum atomic E-state index is -0.525. The highest BCUT2D eigenvalue weighted by Gasteiger charge is 2.27. The van der Waals surface area contributed by atoms with Crippen molar-refractivity contribution in [2.75, 3.05) is 31.1 Å². The second kappa shape index (κ2) is 9.74. The number of fused-ring (bicyclic) bond motifs is 1. The highest BCUT2D eigenvalue weighted by Crippen LogP contribution is 2.27. The Hall–Kier alpha value is -3.93. The summed E-state index contributed by atoms with van der Waals surface area (Å²) < 4.78 is 5.96. The Balaban J connectivity index is 1.21. The van der Waals surface area contributed by atoms with Crippen molar-refractivity contribution in [1.82, 2.24) is 15.1 Å². The van der Waals surface area contributed by atoms with Gasteiger partial charge in [0, 0.05) is 31.7 Å². The largest absolute Gasteiger partial charge is 0.481 e. The predicted molar refractivity (Wildman–Crippen MR) is 140 cm³/mol. The monoisotopic (exact) mass is 466 g/mol. The van der Waals surface area contributed by atoms with Crippen LogP contribution in [-0.2, 0) is 4.79 Å². The summed E-state index contributed by atoms with van der Waals surface area (Å²) in [7, 11) is 0. The maximum absolute atomic E-state index is 13.0. The zero-order valence-corrected chi connectivity index (χ0v) is 20.4. The van der Waals surface area contributed by atoms with Gasteiger partial charge in [-0.25, -0.2) is 0 Å². The van der Waals surface area contributed by atoms with Crippen LogP contribution in [0.25, 0.3) is 22.0 Å². The predicted octanol–water partition coefficient (Wildman–Crippen LogP) is 5.03. The second-order valence-corrected chi connectivity index (χ2v) is 9.20. The topological polar surface area (TPSA) is 58.6 Å². The number of rotatable bonds is 5. The van der Waals surface area contributed by atoms with E-state index in [0.29, 0.717) is 26.2 Å². The average Bonchev–Trinajstić information content (AvgIpc) is 2.87. The number of nitrogens with zero attached hydrogens (tertiary/aromatic N) is 4. The van der Waals surface area contributed by atoms with Gasteiger partial charge in [-0.15, -0.1) is 10.2 Å². The third-order valence-corrected chi connectivity index (χ3v) is 6.49. The summed E-state index contributed by atoms with van der Waals surface area (Å²) in [6.45, 7) is 8.57. The summed E-state index contributed by atoms with van der Waals surface area (Å²) in [5.74, 6) is 1.59. The number of piperazine rings is 1. The lowest BCUT2D eigenvalue weighted by Crippen LogP contribution is -2.52. The van der Waals surface area contributed by atoms with Gasteiger partial charge in [0.05, 0.1) is 5.69 Å². The highest BCUT2D eigenvalue weighted by atomic mass is 16.5. The van der Waals surface area contributed by atoms with Crippen molar-refractivity contribution < 1.29 is 9.53 Å². The molecule has 1 aliphatic heterocycles. The van der Waals surface area contributed by atoms with Crippen LogP contribution in [-0.4, -0.2) is 53.3 Å². The number of aromatic nitrogens is 2. The number of ether oxygens (including phenoxy) is 1. The van der Waals surface area contributed by atoms with Crippen molar-refractivity contribution in [2.24, 2.45) is 0 Å². The minimum absolute atomic E-state index is 0.0150. The molecule has 0 radical (unpaired) electrons. The molecule has 0 N–H and O–H groups in total. The molecule has 3 aromatic carbocycles. The van der Waals surface area contributed by atoms with E-state index in [-0.39, 0.29) is 5.91 Å². The van der Waals surface area contributed by atoms with Crippen LogP contribution in [0.3, 0.4) is 0 Å². The summed E-state index contributed by atoms with van der Waals surface area (Å²) in [6.07, 6.45) is -0.525. The van der Waals surface area contributed by atoms with Gasteiger partial charge >= 0.3 is 0 Å². The Kier molecular flexibility index (Phi) is 6.36. The lowest BCUT2D eigenvalue weighted by molar-refractivity contribution is -0.138. The maximum Gasteiger partial charge on any atom is 0.263 e. The SMILES string of the molecule is Cc1cc(C)cc(OC(C)C(=O)N2CCN(c3ccc(-c4cccc5ccccc45)nn3)CC2)c1. The Morgan fingerprint density at radius 1 is 0.857 bits per heavy atom. The van der Waals surface area contributed by atoms with E-state index in [4.69, 9.17) is 4.74 Å². The van der Waals surface area contributed by atoms with E-state index in [2.05, 4.69) is 45.4 Å². The van der Waals surface area contributed by atoms with E-state index in [1.165, 1.54) is 10.8 Å². The minimum Gasteiger partial charge on any atom is -0.481 e. The van der Waals surface area contributed by atoms with E-state index < -0.39 is 6.10 Å². The molecular weight excluding hydrogens is 436 g/mol.